The van der Waals surface area contributed by atoms with Gasteiger partial charge in [0.25, 0.3) is 0 Å². The van der Waals surface area contributed by atoms with E-state index in [1.807, 2.05) is 12.1 Å². The number of rotatable bonds is 4. The molecular formula is C13H12BrFO2S. The highest BCUT2D eigenvalue weighted by Gasteiger charge is 2.19. The summed E-state index contributed by atoms with van der Waals surface area (Å²) in [6.45, 7) is 0. The summed E-state index contributed by atoms with van der Waals surface area (Å²) in [4.78, 5) is 0.986. The van der Waals surface area contributed by atoms with Gasteiger partial charge in [0.1, 0.15) is 11.6 Å². The van der Waals surface area contributed by atoms with Crippen molar-refractivity contribution in [3.8, 4) is 5.75 Å². The van der Waals surface area contributed by atoms with Gasteiger partial charge in [-0.05, 0) is 40.2 Å². The minimum absolute atomic E-state index is 0.213. The molecule has 18 heavy (non-hydrogen) atoms. The van der Waals surface area contributed by atoms with Crippen LogP contribution in [-0.2, 0) is 6.42 Å². The van der Waals surface area contributed by atoms with Crippen molar-refractivity contribution in [2.24, 2.45) is 0 Å². The molecule has 2 rings (SSSR count). The van der Waals surface area contributed by atoms with Gasteiger partial charge in [0, 0.05) is 11.3 Å². The van der Waals surface area contributed by atoms with E-state index >= 15 is 0 Å². The number of aliphatic hydroxyl groups excluding tert-OH is 1. The van der Waals surface area contributed by atoms with Crippen LogP contribution in [0.15, 0.2) is 34.1 Å². The van der Waals surface area contributed by atoms with Crippen molar-refractivity contribution in [3.63, 3.8) is 0 Å². The molecule has 0 saturated heterocycles. The largest absolute Gasteiger partial charge is 0.496 e. The number of halogens is 2. The van der Waals surface area contributed by atoms with E-state index in [4.69, 9.17) is 4.74 Å². The third kappa shape index (κ3) is 2.91. The lowest BCUT2D eigenvalue weighted by atomic mass is 10.0. The zero-order valence-electron chi connectivity index (χ0n) is 9.69. The number of benzene rings is 1. The zero-order chi connectivity index (χ0) is 13.1. The van der Waals surface area contributed by atoms with Crippen LogP contribution >= 0.6 is 27.3 Å². The van der Waals surface area contributed by atoms with Crippen molar-refractivity contribution >= 4 is 27.3 Å². The smallest absolute Gasteiger partial charge is 0.132 e. The lowest BCUT2D eigenvalue weighted by molar-refractivity contribution is 0.170. The lowest BCUT2D eigenvalue weighted by Gasteiger charge is -2.14. The predicted molar refractivity (Wildman–Crippen MR) is 73.6 cm³/mol. The molecule has 1 N–H and O–H groups in total. The maximum Gasteiger partial charge on any atom is 0.132 e. The van der Waals surface area contributed by atoms with Crippen LogP contribution in [-0.4, -0.2) is 12.2 Å². The van der Waals surface area contributed by atoms with Gasteiger partial charge in [-0.2, -0.15) is 0 Å². The molecule has 0 radical (unpaired) electrons. The topological polar surface area (TPSA) is 29.5 Å². The van der Waals surface area contributed by atoms with E-state index in [9.17, 15) is 9.50 Å². The quantitative estimate of drug-likeness (QED) is 0.920. The number of methoxy groups -OCH3 is 1. The van der Waals surface area contributed by atoms with Crippen LogP contribution < -0.4 is 4.74 Å². The number of aliphatic hydroxyl groups is 1. The molecule has 0 fully saturated rings. The van der Waals surface area contributed by atoms with Gasteiger partial charge in [0.15, 0.2) is 0 Å². The van der Waals surface area contributed by atoms with E-state index in [1.54, 1.807) is 12.1 Å². The van der Waals surface area contributed by atoms with Crippen molar-refractivity contribution in [1.29, 1.82) is 0 Å². The maximum atomic E-state index is 13.7. The number of hydrogen-bond donors (Lipinski definition) is 1. The van der Waals surface area contributed by atoms with E-state index in [0.29, 0.717) is 12.2 Å². The van der Waals surface area contributed by atoms with E-state index in [-0.39, 0.29) is 5.56 Å². The summed E-state index contributed by atoms with van der Waals surface area (Å²) < 4.78 is 19.8. The van der Waals surface area contributed by atoms with Gasteiger partial charge in [-0.1, -0.05) is 6.07 Å². The SMILES string of the molecule is COc1cccc(F)c1C(O)Cc1ccc(Br)s1. The Morgan fingerprint density at radius 1 is 1.39 bits per heavy atom. The van der Waals surface area contributed by atoms with Crippen LogP contribution in [0.5, 0.6) is 5.75 Å². The van der Waals surface area contributed by atoms with Gasteiger partial charge >= 0.3 is 0 Å². The Labute approximate surface area is 117 Å². The fourth-order valence-electron chi connectivity index (χ4n) is 1.77. The van der Waals surface area contributed by atoms with E-state index in [0.717, 1.165) is 8.66 Å². The normalized spacial score (nSPS) is 12.4. The summed E-state index contributed by atoms with van der Waals surface area (Å²) in [6.07, 6.45) is -0.542. The van der Waals surface area contributed by atoms with E-state index < -0.39 is 11.9 Å². The standard InChI is InChI=1S/C13H12BrFO2S/c1-17-11-4-2-3-9(15)13(11)10(16)7-8-5-6-12(14)18-8/h2-6,10,16H,7H2,1H3. The Hall–Kier alpha value is -0.910. The fraction of sp³-hybridized carbons (Fsp3) is 0.231. The second-order valence-electron chi connectivity index (χ2n) is 3.78. The van der Waals surface area contributed by atoms with Gasteiger partial charge in [-0.3, -0.25) is 0 Å². The average molecular weight is 331 g/mol. The molecule has 1 aromatic carbocycles. The molecule has 1 aromatic heterocycles. The summed E-state index contributed by atoms with van der Waals surface area (Å²) in [7, 11) is 1.47. The predicted octanol–water partition coefficient (Wildman–Crippen LogP) is 3.93. The van der Waals surface area contributed by atoms with E-state index in [1.165, 1.54) is 24.5 Å². The number of thiophene rings is 1. The maximum absolute atomic E-state index is 13.7. The molecule has 0 aliphatic heterocycles. The van der Waals surface area contributed by atoms with Crippen LogP contribution in [0.4, 0.5) is 4.39 Å². The highest BCUT2D eigenvalue weighted by atomic mass is 79.9. The van der Waals surface area contributed by atoms with Gasteiger partial charge in [0.2, 0.25) is 0 Å². The third-order valence-electron chi connectivity index (χ3n) is 2.59. The third-order valence-corrected chi connectivity index (χ3v) is 4.24. The molecular weight excluding hydrogens is 319 g/mol. The zero-order valence-corrected chi connectivity index (χ0v) is 12.1. The Balaban J connectivity index is 2.25. The fourth-order valence-corrected chi connectivity index (χ4v) is 3.29. The van der Waals surface area contributed by atoms with Crippen molar-refractivity contribution in [3.05, 3.63) is 50.4 Å². The van der Waals surface area contributed by atoms with Crippen LogP contribution in [0, 0.1) is 5.82 Å². The van der Waals surface area contributed by atoms with Gasteiger partial charge in [-0.25, -0.2) is 4.39 Å². The molecule has 2 aromatic rings. The molecule has 0 aliphatic rings. The molecule has 0 spiro atoms. The van der Waals surface area contributed by atoms with Crippen molar-refractivity contribution < 1.29 is 14.2 Å². The molecule has 2 nitrogen and oxygen atoms in total. The molecule has 96 valence electrons. The van der Waals surface area contributed by atoms with Crippen molar-refractivity contribution in [1.82, 2.24) is 0 Å². The molecule has 5 heteroatoms. The second-order valence-corrected chi connectivity index (χ2v) is 6.33. The second kappa shape index (κ2) is 5.82. The molecule has 1 unspecified atom stereocenters. The average Bonchev–Trinajstić information content (AvgIpc) is 2.74. The first-order valence-corrected chi connectivity index (χ1v) is 6.97. The molecule has 1 heterocycles. The van der Waals surface area contributed by atoms with Crippen molar-refractivity contribution in [2.45, 2.75) is 12.5 Å². The molecule has 1 atom stereocenters. The summed E-state index contributed by atoms with van der Waals surface area (Å²) >= 11 is 4.88. The first-order chi connectivity index (χ1) is 8.61. The Morgan fingerprint density at radius 3 is 2.78 bits per heavy atom. The summed E-state index contributed by atoms with van der Waals surface area (Å²) in [5, 5.41) is 10.1. The highest BCUT2D eigenvalue weighted by molar-refractivity contribution is 9.11. The Kier molecular flexibility index (Phi) is 4.37. The monoisotopic (exact) mass is 330 g/mol. The summed E-state index contributed by atoms with van der Waals surface area (Å²) in [6, 6.07) is 8.35. The van der Waals surface area contributed by atoms with E-state index in [2.05, 4.69) is 15.9 Å². The summed E-state index contributed by atoms with van der Waals surface area (Å²) in [5.41, 5.74) is 0.213. The molecule has 0 aliphatic carbocycles. The minimum Gasteiger partial charge on any atom is -0.496 e. The van der Waals surface area contributed by atoms with Crippen LogP contribution in [0.3, 0.4) is 0 Å². The molecule has 0 amide bonds. The Morgan fingerprint density at radius 2 is 2.17 bits per heavy atom. The van der Waals surface area contributed by atoms with Gasteiger partial charge < -0.3 is 9.84 Å². The lowest BCUT2D eigenvalue weighted by Crippen LogP contribution is -2.06. The molecule has 0 saturated carbocycles. The van der Waals surface area contributed by atoms with Gasteiger partial charge in [0.05, 0.1) is 22.6 Å². The summed E-state index contributed by atoms with van der Waals surface area (Å²) in [5.74, 6) is -0.0735. The van der Waals surface area contributed by atoms with Crippen molar-refractivity contribution in [2.75, 3.05) is 7.11 Å². The van der Waals surface area contributed by atoms with Gasteiger partial charge in [-0.15, -0.1) is 11.3 Å². The number of hydrogen-bond acceptors (Lipinski definition) is 3. The van der Waals surface area contributed by atoms with Crippen LogP contribution in [0.1, 0.15) is 16.5 Å². The first-order valence-electron chi connectivity index (χ1n) is 5.36. The van der Waals surface area contributed by atoms with Crippen LogP contribution in [0.25, 0.3) is 0 Å². The molecule has 0 bridgehead atoms. The Bertz CT molecular complexity index is 542. The number of ether oxygens (including phenoxy) is 1. The minimum atomic E-state index is -0.910. The first kappa shape index (κ1) is 13.5. The highest BCUT2D eigenvalue weighted by Crippen LogP contribution is 2.32. The van der Waals surface area contributed by atoms with Crippen LogP contribution in [0.2, 0.25) is 0 Å².